The molecule has 2 aromatic carbocycles. The van der Waals surface area contributed by atoms with Crippen LogP contribution in [0.1, 0.15) is 5.56 Å². The average molecular weight is 360 g/mol. The Kier molecular flexibility index (Phi) is 4.78. The quantitative estimate of drug-likeness (QED) is 0.743. The summed E-state index contributed by atoms with van der Waals surface area (Å²) in [7, 11) is 0. The average Bonchev–Trinajstić information content (AvgIpc) is 2.71. The fraction of sp³-hybridized carbons (Fsp3) is 0.238. The second-order valence-electron chi connectivity index (χ2n) is 6.76. The number of aromatic nitrogens is 2. The predicted octanol–water partition coefficient (Wildman–Crippen LogP) is 3.44. The van der Waals surface area contributed by atoms with Crippen LogP contribution in [-0.4, -0.2) is 36.1 Å². The van der Waals surface area contributed by atoms with Crippen molar-refractivity contribution in [3.63, 3.8) is 0 Å². The van der Waals surface area contributed by atoms with Crippen LogP contribution in [-0.2, 0) is 0 Å². The Morgan fingerprint density at radius 3 is 2.37 bits per heavy atom. The lowest BCUT2D eigenvalue weighted by molar-refractivity contribution is 0.647. The van der Waals surface area contributed by atoms with Crippen LogP contribution in [0.25, 0.3) is 0 Å². The van der Waals surface area contributed by atoms with Crippen molar-refractivity contribution in [3.05, 3.63) is 66.5 Å². The number of nitrogen functional groups attached to an aromatic ring is 1. The van der Waals surface area contributed by atoms with Gasteiger partial charge in [-0.05, 0) is 36.8 Å². The van der Waals surface area contributed by atoms with Gasteiger partial charge in [-0.1, -0.05) is 30.3 Å². The number of aryl methyl sites for hydroxylation is 1. The molecule has 1 saturated heterocycles. The Hall–Kier alpha value is -3.28. The predicted molar refractivity (Wildman–Crippen MR) is 112 cm³/mol. The SMILES string of the molecule is Cc1cccc(Nc2ncnc(N3CCN(c4ccccc4)CC3)c2N)c1. The summed E-state index contributed by atoms with van der Waals surface area (Å²) in [6.45, 7) is 5.69. The molecule has 0 atom stereocenters. The van der Waals surface area contributed by atoms with Crippen molar-refractivity contribution in [2.75, 3.05) is 47.0 Å². The molecule has 1 aliphatic heterocycles. The highest BCUT2D eigenvalue weighted by molar-refractivity contribution is 5.78. The molecule has 0 amide bonds. The number of rotatable bonds is 4. The zero-order chi connectivity index (χ0) is 18.6. The fourth-order valence-electron chi connectivity index (χ4n) is 3.41. The number of nitrogens with one attached hydrogen (secondary N) is 1. The normalized spacial score (nSPS) is 14.3. The Bertz CT molecular complexity index is 904. The van der Waals surface area contributed by atoms with Gasteiger partial charge in [-0.15, -0.1) is 0 Å². The molecule has 1 aliphatic rings. The zero-order valence-electron chi connectivity index (χ0n) is 15.5. The van der Waals surface area contributed by atoms with E-state index in [-0.39, 0.29) is 0 Å². The first-order chi connectivity index (χ1) is 13.2. The van der Waals surface area contributed by atoms with Gasteiger partial charge in [-0.25, -0.2) is 9.97 Å². The highest BCUT2D eigenvalue weighted by Crippen LogP contribution is 2.29. The topological polar surface area (TPSA) is 70.3 Å². The number of nitrogens with two attached hydrogens (primary N) is 1. The molecule has 2 heterocycles. The van der Waals surface area contributed by atoms with Gasteiger partial charge in [0.2, 0.25) is 0 Å². The lowest BCUT2D eigenvalue weighted by Gasteiger charge is -2.37. The van der Waals surface area contributed by atoms with E-state index < -0.39 is 0 Å². The maximum Gasteiger partial charge on any atom is 0.159 e. The number of hydrogen-bond donors (Lipinski definition) is 2. The van der Waals surface area contributed by atoms with Gasteiger partial charge >= 0.3 is 0 Å². The Morgan fingerprint density at radius 1 is 0.889 bits per heavy atom. The summed E-state index contributed by atoms with van der Waals surface area (Å²) in [5.41, 5.74) is 10.4. The van der Waals surface area contributed by atoms with Crippen LogP contribution in [0.15, 0.2) is 60.9 Å². The number of hydrogen-bond acceptors (Lipinski definition) is 6. The molecule has 1 aromatic heterocycles. The summed E-state index contributed by atoms with van der Waals surface area (Å²) in [4.78, 5) is 13.4. The second kappa shape index (κ2) is 7.53. The van der Waals surface area contributed by atoms with Crippen molar-refractivity contribution >= 4 is 28.7 Å². The van der Waals surface area contributed by atoms with Crippen LogP contribution in [0.4, 0.5) is 28.7 Å². The van der Waals surface area contributed by atoms with E-state index in [0.29, 0.717) is 11.5 Å². The van der Waals surface area contributed by atoms with Gasteiger partial charge in [0.15, 0.2) is 11.6 Å². The van der Waals surface area contributed by atoms with E-state index in [4.69, 9.17) is 5.73 Å². The van der Waals surface area contributed by atoms with Crippen molar-refractivity contribution in [2.45, 2.75) is 6.92 Å². The van der Waals surface area contributed by atoms with Crippen LogP contribution in [0.5, 0.6) is 0 Å². The minimum absolute atomic E-state index is 0.590. The first-order valence-corrected chi connectivity index (χ1v) is 9.20. The van der Waals surface area contributed by atoms with Crippen molar-refractivity contribution in [1.29, 1.82) is 0 Å². The number of anilines is 5. The Labute approximate surface area is 159 Å². The van der Waals surface area contributed by atoms with Crippen LogP contribution >= 0.6 is 0 Å². The van der Waals surface area contributed by atoms with Crippen LogP contribution in [0, 0.1) is 6.92 Å². The van der Waals surface area contributed by atoms with E-state index >= 15 is 0 Å². The maximum atomic E-state index is 6.40. The summed E-state index contributed by atoms with van der Waals surface area (Å²) >= 11 is 0. The molecule has 3 N–H and O–H groups in total. The van der Waals surface area contributed by atoms with E-state index in [1.54, 1.807) is 6.33 Å². The van der Waals surface area contributed by atoms with Gasteiger partial charge in [0, 0.05) is 37.6 Å². The third-order valence-electron chi connectivity index (χ3n) is 4.84. The molecule has 138 valence electrons. The maximum absolute atomic E-state index is 6.40. The molecule has 4 rings (SSSR count). The molecule has 0 unspecified atom stereocenters. The lowest BCUT2D eigenvalue weighted by Crippen LogP contribution is -2.47. The van der Waals surface area contributed by atoms with Gasteiger partial charge in [-0.2, -0.15) is 0 Å². The van der Waals surface area contributed by atoms with Crippen molar-refractivity contribution < 1.29 is 0 Å². The molecule has 1 fully saturated rings. The Morgan fingerprint density at radius 2 is 1.63 bits per heavy atom. The molecule has 0 saturated carbocycles. The number of benzene rings is 2. The molecule has 6 heteroatoms. The molecule has 0 spiro atoms. The molecule has 27 heavy (non-hydrogen) atoms. The number of nitrogens with zero attached hydrogens (tertiary/aromatic N) is 4. The van der Waals surface area contributed by atoms with Crippen molar-refractivity contribution in [2.24, 2.45) is 0 Å². The van der Waals surface area contributed by atoms with Crippen LogP contribution < -0.4 is 20.9 Å². The third-order valence-corrected chi connectivity index (χ3v) is 4.84. The Balaban J connectivity index is 1.48. The van der Waals surface area contributed by atoms with E-state index in [0.717, 1.165) is 37.7 Å². The van der Waals surface area contributed by atoms with Gasteiger partial charge in [0.1, 0.15) is 12.0 Å². The van der Waals surface area contributed by atoms with Gasteiger partial charge in [-0.3, -0.25) is 0 Å². The van der Waals surface area contributed by atoms with Crippen LogP contribution in [0.3, 0.4) is 0 Å². The zero-order valence-corrected chi connectivity index (χ0v) is 15.5. The van der Waals surface area contributed by atoms with Crippen molar-refractivity contribution in [3.8, 4) is 0 Å². The number of piperazine rings is 1. The molecular formula is C21H24N6. The summed E-state index contributed by atoms with van der Waals surface area (Å²) < 4.78 is 0. The van der Waals surface area contributed by atoms with Gasteiger partial charge < -0.3 is 20.9 Å². The minimum atomic E-state index is 0.590. The fourth-order valence-corrected chi connectivity index (χ4v) is 3.41. The molecule has 0 aliphatic carbocycles. The minimum Gasteiger partial charge on any atom is -0.393 e. The summed E-state index contributed by atoms with van der Waals surface area (Å²) in [6.07, 6.45) is 1.58. The monoisotopic (exact) mass is 360 g/mol. The molecule has 0 bridgehead atoms. The molecule has 6 nitrogen and oxygen atoms in total. The van der Waals surface area contributed by atoms with E-state index in [1.807, 2.05) is 18.2 Å². The summed E-state index contributed by atoms with van der Waals surface area (Å²) in [5.74, 6) is 1.45. The van der Waals surface area contributed by atoms with Crippen molar-refractivity contribution in [1.82, 2.24) is 9.97 Å². The smallest absolute Gasteiger partial charge is 0.159 e. The number of para-hydroxylation sites is 1. The largest absolute Gasteiger partial charge is 0.393 e. The van der Waals surface area contributed by atoms with Gasteiger partial charge in [0.05, 0.1) is 0 Å². The van der Waals surface area contributed by atoms with E-state index in [1.165, 1.54) is 11.3 Å². The summed E-state index contributed by atoms with van der Waals surface area (Å²) in [5, 5.41) is 3.31. The van der Waals surface area contributed by atoms with E-state index in [9.17, 15) is 0 Å². The second-order valence-corrected chi connectivity index (χ2v) is 6.76. The van der Waals surface area contributed by atoms with Crippen LogP contribution in [0.2, 0.25) is 0 Å². The van der Waals surface area contributed by atoms with Gasteiger partial charge in [0.25, 0.3) is 0 Å². The lowest BCUT2D eigenvalue weighted by atomic mass is 10.2. The van der Waals surface area contributed by atoms with E-state index in [2.05, 4.69) is 68.4 Å². The standard InChI is InChI=1S/C21H24N6/c1-16-6-5-7-17(14-16)25-20-19(22)21(24-15-23-20)27-12-10-26(11-13-27)18-8-3-2-4-9-18/h2-9,14-15H,10-13,22H2,1H3,(H,23,24,25). The first kappa shape index (κ1) is 17.1. The highest BCUT2D eigenvalue weighted by Gasteiger charge is 2.21. The third kappa shape index (κ3) is 3.79. The summed E-state index contributed by atoms with van der Waals surface area (Å²) in [6, 6.07) is 18.7. The highest BCUT2D eigenvalue weighted by atomic mass is 15.3. The molecule has 0 radical (unpaired) electrons. The first-order valence-electron chi connectivity index (χ1n) is 9.20. The molecule has 3 aromatic rings. The molecular weight excluding hydrogens is 336 g/mol.